The molecule has 6 nitrogen and oxygen atoms in total. The number of imidazole rings is 1. The van der Waals surface area contributed by atoms with Crippen LogP contribution < -0.4 is 4.74 Å². The van der Waals surface area contributed by atoms with E-state index >= 15 is 0 Å². The average Bonchev–Trinajstić information content (AvgIpc) is 3.10. The largest absolute Gasteiger partial charge is 0.496 e. The minimum absolute atomic E-state index is 0.686. The van der Waals surface area contributed by atoms with Crippen LogP contribution in [0, 0.1) is 0 Å². The molecule has 0 spiro atoms. The second-order valence-electron chi connectivity index (χ2n) is 5.90. The highest BCUT2D eigenvalue weighted by molar-refractivity contribution is 5.63. The molecule has 0 aliphatic carbocycles. The van der Waals surface area contributed by atoms with E-state index in [2.05, 4.69) is 24.8 Å². The molecule has 2 aromatic heterocycles. The topological polar surface area (TPSA) is 66.9 Å². The number of hydrogen-bond donors (Lipinski definition) is 1. The molecule has 4 rings (SSSR count). The van der Waals surface area contributed by atoms with Crippen molar-refractivity contribution < 1.29 is 4.74 Å². The second kappa shape index (κ2) is 6.41. The van der Waals surface area contributed by atoms with Gasteiger partial charge in [-0.3, -0.25) is 4.90 Å². The van der Waals surface area contributed by atoms with Gasteiger partial charge in [-0.05, 0) is 12.1 Å². The molecule has 0 unspecified atom stereocenters. The van der Waals surface area contributed by atoms with Crippen molar-refractivity contribution in [1.82, 2.24) is 24.8 Å². The van der Waals surface area contributed by atoms with Gasteiger partial charge in [-0.25, -0.2) is 15.0 Å². The van der Waals surface area contributed by atoms with Gasteiger partial charge in [-0.1, -0.05) is 12.1 Å². The van der Waals surface area contributed by atoms with E-state index in [4.69, 9.17) is 4.74 Å². The molecular formula is C18H19N5O. The normalized spacial score (nSPS) is 14.4. The number of rotatable bonds is 4. The van der Waals surface area contributed by atoms with Gasteiger partial charge >= 0.3 is 0 Å². The Morgan fingerprint density at radius 3 is 2.83 bits per heavy atom. The van der Waals surface area contributed by atoms with Crippen molar-refractivity contribution in [2.45, 2.75) is 19.5 Å². The van der Waals surface area contributed by atoms with Crippen LogP contribution in [0.15, 0.2) is 43.0 Å². The molecule has 3 aromatic rings. The molecular weight excluding hydrogens is 302 g/mol. The van der Waals surface area contributed by atoms with Gasteiger partial charge in [0.2, 0.25) is 0 Å². The number of methoxy groups -OCH3 is 1. The smallest absolute Gasteiger partial charge is 0.162 e. The number of aromatic amines is 1. The third-order valence-corrected chi connectivity index (χ3v) is 4.31. The molecule has 0 saturated carbocycles. The number of fused-ring (bicyclic) bond motifs is 1. The predicted molar refractivity (Wildman–Crippen MR) is 90.4 cm³/mol. The van der Waals surface area contributed by atoms with E-state index < -0.39 is 0 Å². The van der Waals surface area contributed by atoms with E-state index in [0.717, 1.165) is 42.9 Å². The first-order valence-corrected chi connectivity index (χ1v) is 8.01. The Bertz CT molecular complexity index is 827. The van der Waals surface area contributed by atoms with Gasteiger partial charge in [0, 0.05) is 44.0 Å². The minimum atomic E-state index is 0.686. The maximum Gasteiger partial charge on any atom is 0.162 e. The average molecular weight is 321 g/mol. The first kappa shape index (κ1) is 14.8. The number of benzene rings is 1. The molecule has 1 N–H and O–H groups in total. The summed E-state index contributed by atoms with van der Waals surface area (Å²) in [5.41, 5.74) is 4.42. The lowest BCUT2D eigenvalue weighted by molar-refractivity contribution is 0.241. The molecule has 0 atom stereocenters. The van der Waals surface area contributed by atoms with Crippen LogP contribution >= 0.6 is 0 Å². The van der Waals surface area contributed by atoms with Crippen LogP contribution in [-0.2, 0) is 19.5 Å². The first-order valence-electron chi connectivity index (χ1n) is 8.01. The van der Waals surface area contributed by atoms with Gasteiger partial charge in [-0.2, -0.15) is 0 Å². The zero-order valence-corrected chi connectivity index (χ0v) is 13.6. The Morgan fingerprint density at radius 1 is 1.17 bits per heavy atom. The van der Waals surface area contributed by atoms with Crippen molar-refractivity contribution in [3.63, 3.8) is 0 Å². The van der Waals surface area contributed by atoms with E-state index in [9.17, 15) is 0 Å². The van der Waals surface area contributed by atoms with E-state index in [0.29, 0.717) is 5.82 Å². The van der Waals surface area contributed by atoms with Crippen LogP contribution in [0.25, 0.3) is 11.4 Å². The Balaban J connectivity index is 1.48. The van der Waals surface area contributed by atoms with Crippen LogP contribution in [0.4, 0.5) is 0 Å². The third-order valence-electron chi connectivity index (χ3n) is 4.31. The third kappa shape index (κ3) is 2.88. The lowest BCUT2D eigenvalue weighted by atomic mass is 10.1. The van der Waals surface area contributed by atoms with Crippen LogP contribution in [0.3, 0.4) is 0 Å². The summed E-state index contributed by atoms with van der Waals surface area (Å²) < 4.78 is 5.38. The highest BCUT2D eigenvalue weighted by Crippen LogP contribution is 2.26. The molecule has 0 saturated heterocycles. The number of H-pyrrole nitrogens is 1. The molecule has 0 bridgehead atoms. The van der Waals surface area contributed by atoms with Crippen LogP contribution in [0.5, 0.6) is 5.75 Å². The Morgan fingerprint density at radius 2 is 2.00 bits per heavy atom. The van der Waals surface area contributed by atoms with E-state index in [1.807, 2.05) is 36.7 Å². The monoisotopic (exact) mass is 321 g/mol. The molecule has 3 heterocycles. The van der Waals surface area contributed by atoms with Crippen LogP contribution in [-0.4, -0.2) is 38.5 Å². The number of ether oxygens (including phenoxy) is 1. The van der Waals surface area contributed by atoms with Crippen molar-refractivity contribution in [2.75, 3.05) is 13.7 Å². The summed E-state index contributed by atoms with van der Waals surface area (Å²) in [6.45, 7) is 2.74. The van der Waals surface area contributed by atoms with Crippen molar-refractivity contribution in [3.8, 4) is 17.1 Å². The fraction of sp³-hybridized carbons (Fsp3) is 0.278. The van der Waals surface area contributed by atoms with Gasteiger partial charge in [-0.15, -0.1) is 0 Å². The molecule has 6 heteroatoms. The van der Waals surface area contributed by atoms with E-state index in [1.54, 1.807) is 13.4 Å². The Kier molecular flexibility index (Phi) is 3.96. The predicted octanol–water partition coefficient (Wildman–Crippen LogP) is 2.43. The van der Waals surface area contributed by atoms with Crippen molar-refractivity contribution in [1.29, 1.82) is 0 Å². The molecule has 0 radical (unpaired) electrons. The number of nitrogens with one attached hydrogen (secondary N) is 1. The number of aromatic nitrogens is 4. The zero-order valence-electron chi connectivity index (χ0n) is 13.6. The minimum Gasteiger partial charge on any atom is -0.496 e. The summed E-state index contributed by atoms with van der Waals surface area (Å²) >= 11 is 0. The summed E-state index contributed by atoms with van der Waals surface area (Å²) in [7, 11) is 1.66. The lowest BCUT2D eigenvalue weighted by Crippen LogP contribution is -2.30. The molecule has 122 valence electrons. The standard InChI is InChI=1S/C18H19N5O/c1-24-17-5-3-2-4-14(17)18-19-8-13(9-20-18)10-23-7-6-15-16(11-23)22-12-21-15/h2-5,8-9,12H,6-7,10-11H2,1H3,(H,21,22). The maximum absolute atomic E-state index is 5.38. The zero-order chi connectivity index (χ0) is 16.4. The molecule has 1 aliphatic heterocycles. The molecule has 0 fully saturated rings. The van der Waals surface area contributed by atoms with Crippen molar-refractivity contribution >= 4 is 0 Å². The Labute approximate surface area is 140 Å². The SMILES string of the molecule is COc1ccccc1-c1ncc(CN2CCc3nc[nH]c3C2)cn1. The van der Waals surface area contributed by atoms with Gasteiger partial charge in [0.1, 0.15) is 5.75 Å². The summed E-state index contributed by atoms with van der Waals surface area (Å²) in [5, 5.41) is 0. The highest BCUT2D eigenvalue weighted by Gasteiger charge is 2.18. The van der Waals surface area contributed by atoms with Gasteiger partial charge in [0.15, 0.2) is 5.82 Å². The van der Waals surface area contributed by atoms with Gasteiger partial charge in [0.25, 0.3) is 0 Å². The fourth-order valence-corrected chi connectivity index (χ4v) is 3.07. The fourth-order valence-electron chi connectivity index (χ4n) is 3.07. The van der Waals surface area contributed by atoms with E-state index in [-0.39, 0.29) is 0 Å². The lowest BCUT2D eigenvalue weighted by Gasteiger charge is -2.25. The van der Waals surface area contributed by atoms with Crippen LogP contribution in [0.2, 0.25) is 0 Å². The number of nitrogens with zero attached hydrogens (tertiary/aromatic N) is 4. The first-order chi connectivity index (χ1) is 11.8. The van der Waals surface area contributed by atoms with Crippen molar-refractivity contribution in [3.05, 3.63) is 59.9 Å². The maximum atomic E-state index is 5.38. The van der Waals surface area contributed by atoms with Crippen molar-refractivity contribution in [2.24, 2.45) is 0 Å². The van der Waals surface area contributed by atoms with Gasteiger partial charge in [0.05, 0.1) is 30.4 Å². The summed E-state index contributed by atoms with van der Waals surface area (Å²) in [6, 6.07) is 7.79. The molecule has 1 aliphatic rings. The van der Waals surface area contributed by atoms with Crippen LogP contribution in [0.1, 0.15) is 17.0 Å². The number of hydrogen-bond acceptors (Lipinski definition) is 5. The molecule has 0 amide bonds. The number of para-hydroxylation sites is 1. The quantitative estimate of drug-likeness (QED) is 0.799. The molecule has 1 aromatic carbocycles. The second-order valence-corrected chi connectivity index (χ2v) is 5.90. The summed E-state index contributed by atoms with van der Waals surface area (Å²) in [6.07, 6.45) is 6.56. The summed E-state index contributed by atoms with van der Waals surface area (Å²) in [4.78, 5) is 19.0. The molecule has 24 heavy (non-hydrogen) atoms. The highest BCUT2D eigenvalue weighted by atomic mass is 16.5. The summed E-state index contributed by atoms with van der Waals surface area (Å²) in [5.74, 6) is 1.47. The van der Waals surface area contributed by atoms with E-state index in [1.165, 1.54) is 11.4 Å². The van der Waals surface area contributed by atoms with Gasteiger partial charge < -0.3 is 9.72 Å². The Hall–Kier alpha value is -2.73.